The number of rotatable bonds is 4. The summed E-state index contributed by atoms with van der Waals surface area (Å²) in [6.45, 7) is 2.25. The van der Waals surface area contributed by atoms with Gasteiger partial charge in [0, 0.05) is 0 Å². The third kappa shape index (κ3) is 3.10. The summed E-state index contributed by atoms with van der Waals surface area (Å²) in [7, 11) is 4.27. The smallest absolute Gasteiger partial charge is 0.00458 e. The molecule has 0 fully saturated rings. The predicted octanol–water partition coefficient (Wildman–Crippen LogP) is 2.68. The molecular weight excluding hydrogens is 177 g/mol. The molecule has 1 unspecified atom stereocenters. The summed E-state index contributed by atoms with van der Waals surface area (Å²) in [5, 5.41) is 1.49. The fraction of sp³-hybridized carbons (Fsp3) is 0.455. The van der Waals surface area contributed by atoms with E-state index in [0.29, 0.717) is 0 Å². The van der Waals surface area contributed by atoms with Crippen LogP contribution < -0.4 is 5.30 Å². The lowest BCUT2D eigenvalue weighted by Crippen LogP contribution is -2.16. The standard InChI is InChI=1S/C11H18NP/c1-4-10-13(12(2)3)11-8-6-5-7-9-11/h5-9H,4,10H2,1-3H3. The van der Waals surface area contributed by atoms with Crippen LogP contribution in [0.5, 0.6) is 0 Å². The van der Waals surface area contributed by atoms with Crippen molar-refractivity contribution in [2.75, 3.05) is 20.3 Å². The average Bonchev–Trinajstić information content (AvgIpc) is 2.15. The summed E-state index contributed by atoms with van der Waals surface area (Å²) < 4.78 is 2.36. The Bertz CT molecular complexity index is 233. The van der Waals surface area contributed by atoms with Gasteiger partial charge in [-0.2, -0.15) is 0 Å². The van der Waals surface area contributed by atoms with Crippen molar-refractivity contribution in [3.63, 3.8) is 0 Å². The Labute approximate surface area is 82.6 Å². The van der Waals surface area contributed by atoms with Gasteiger partial charge in [-0.15, -0.1) is 0 Å². The molecule has 1 nitrogen and oxygen atoms in total. The fourth-order valence-electron chi connectivity index (χ4n) is 1.37. The highest BCUT2D eigenvalue weighted by Crippen LogP contribution is 2.36. The first-order valence-corrected chi connectivity index (χ1v) is 6.23. The van der Waals surface area contributed by atoms with Gasteiger partial charge in [0.1, 0.15) is 0 Å². The van der Waals surface area contributed by atoms with Crippen LogP contribution in [-0.4, -0.2) is 24.9 Å². The van der Waals surface area contributed by atoms with Crippen LogP contribution in [0.4, 0.5) is 0 Å². The van der Waals surface area contributed by atoms with E-state index in [2.05, 4.69) is 56.0 Å². The zero-order valence-electron chi connectivity index (χ0n) is 8.70. The maximum Gasteiger partial charge on any atom is -0.00458 e. The van der Waals surface area contributed by atoms with E-state index in [4.69, 9.17) is 0 Å². The lowest BCUT2D eigenvalue weighted by molar-refractivity contribution is 0.680. The third-order valence-corrected chi connectivity index (χ3v) is 4.70. The summed E-state index contributed by atoms with van der Waals surface area (Å²) in [4.78, 5) is 0. The zero-order chi connectivity index (χ0) is 9.68. The van der Waals surface area contributed by atoms with Crippen molar-refractivity contribution in [2.45, 2.75) is 13.3 Å². The fourth-order valence-corrected chi connectivity index (χ4v) is 3.43. The van der Waals surface area contributed by atoms with Crippen molar-refractivity contribution in [3.8, 4) is 0 Å². The van der Waals surface area contributed by atoms with Gasteiger partial charge in [-0.25, -0.2) is 0 Å². The lowest BCUT2D eigenvalue weighted by atomic mass is 10.4. The highest BCUT2D eigenvalue weighted by Gasteiger charge is 2.11. The average molecular weight is 195 g/mol. The van der Waals surface area contributed by atoms with Gasteiger partial charge < -0.3 is 0 Å². The molecule has 0 aliphatic rings. The van der Waals surface area contributed by atoms with Crippen LogP contribution in [0.25, 0.3) is 0 Å². The molecule has 0 radical (unpaired) electrons. The van der Waals surface area contributed by atoms with Crippen LogP contribution in [0.2, 0.25) is 0 Å². The first-order chi connectivity index (χ1) is 6.25. The van der Waals surface area contributed by atoms with E-state index in [9.17, 15) is 0 Å². The Morgan fingerprint density at radius 1 is 1.15 bits per heavy atom. The Kier molecular flexibility index (Phi) is 4.41. The quantitative estimate of drug-likeness (QED) is 0.668. The van der Waals surface area contributed by atoms with E-state index < -0.39 is 0 Å². The second-order valence-corrected chi connectivity index (χ2v) is 5.87. The van der Waals surface area contributed by atoms with E-state index in [-0.39, 0.29) is 8.07 Å². The Balaban J connectivity index is 2.76. The number of hydrogen-bond acceptors (Lipinski definition) is 1. The van der Waals surface area contributed by atoms with Crippen molar-refractivity contribution in [1.29, 1.82) is 0 Å². The van der Waals surface area contributed by atoms with Gasteiger partial charge in [0.2, 0.25) is 0 Å². The topological polar surface area (TPSA) is 3.24 Å². The molecule has 13 heavy (non-hydrogen) atoms. The summed E-state index contributed by atoms with van der Waals surface area (Å²) >= 11 is 0. The van der Waals surface area contributed by atoms with Crippen molar-refractivity contribution < 1.29 is 0 Å². The molecule has 0 amide bonds. The van der Waals surface area contributed by atoms with Crippen molar-refractivity contribution in [2.24, 2.45) is 0 Å². The molecule has 0 saturated heterocycles. The highest BCUT2D eigenvalue weighted by molar-refractivity contribution is 7.63. The highest BCUT2D eigenvalue weighted by atomic mass is 31.1. The third-order valence-electron chi connectivity index (χ3n) is 1.97. The second kappa shape index (κ2) is 5.36. The van der Waals surface area contributed by atoms with Crippen LogP contribution in [0, 0.1) is 0 Å². The molecule has 1 atom stereocenters. The van der Waals surface area contributed by atoms with Crippen molar-refractivity contribution >= 4 is 13.4 Å². The number of nitrogens with zero attached hydrogens (tertiary/aromatic N) is 1. The SMILES string of the molecule is CCCP(c1ccccc1)N(C)C. The molecular formula is C11H18NP. The van der Waals surface area contributed by atoms with E-state index >= 15 is 0 Å². The summed E-state index contributed by atoms with van der Waals surface area (Å²) in [6, 6.07) is 10.8. The normalized spacial score (nSPS) is 13.2. The van der Waals surface area contributed by atoms with Gasteiger partial charge in [0.25, 0.3) is 0 Å². The van der Waals surface area contributed by atoms with Crippen LogP contribution in [-0.2, 0) is 0 Å². The van der Waals surface area contributed by atoms with Crippen LogP contribution in [0.1, 0.15) is 13.3 Å². The van der Waals surface area contributed by atoms with Crippen LogP contribution >= 0.6 is 8.07 Å². The molecule has 0 aliphatic heterocycles. The van der Waals surface area contributed by atoms with E-state index in [1.807, 2.05) is 0 Å². The minimum absolute atomic E-state index is 0.0815. The molecule has 0 spiro atoms. The lowest BCUT2D eigenvalue weighted by Gasteiger charge is -2.24. The van der Waals surface area contributed by atoms with Gasteiger partial charge >= 0.3 is 0 Å². The summed E-state index contributed by atoms with van der Waals surface area (Å²) in [5.74, 6) is 0. The molecule has 0 bridgehead atoms. The molecule has 0 N–H and O–H groups in total. The van der Waals surface area contributed by atoms with Crippen molar-refractivity contribution in [1.82, 2.24) is 4.67 Å². The van der Waals surface area contributed by atoms with Gasteiger partial charge in [-0.05, 0) is 33.6 Å². The van der Waals surface area contributed by atoms with Crippen LogP contribution in [0.15, 0.2) is 30.3 Å². The van der Waals surface area contributed by atoms with E-state index in [1.54, 1.807) is 0 Å². The molecule has 1 aromatic carbocycles. The first-order valence-electron chi connectivity index (χ1n) is 4.75. The molecule has 0 aromatic heterocycles. The van der Waals surface area contributed by atoms with Crippen LogP contribution in [0.3, 0.4) is 0 Å². The van der Waals surface area contributed by atoms with Crippen molar-refractivity contribution in [3.05, 3.63) is 30.3 Å². The Morgan fingerprint density at radius 3 is 2.23 bits per heavy atom. The minimum atomic E-state index is -0.0815. The van der Waals surface area contributed by atoms with E-state index in [0.717, 1.165) is 0 Å². The second-order valence-electron chi connectivity index (χ2n) is 3.31. The van der Waals surface area contributed by atoms with Gasteiger partial charge in [0.15, 0.2) is 0 Å². The maximum absolute atomic E-state index is 2.36. The van der Waals surface area contributed by atoms with Gasteiger partial charge in [0.05, 0.1) is 0 Å². The first kappa shape index (κ1) is 10.7. The molecule has 0 heterocycles. The minimum Gasteiger partial charge on any atom is -0.285 e. The predicted molar refractivity (Wildman–Crippen MR) is 61.8 cm³/mol. The molecule has 0 aliphatic carbocycles. The molecule has 72 valence electrons. The monoisotopic (exact) mass is 195 g/mol. The zero-order valence-corrected chi connectivity index (χ0v) is 9.59. The van der Waals surface area contributed by atoms with E-state index in [1.165, 1.54) is 17.9 Å². The number of benzene rings is 1. The summed E-state index contributed by atoms with van der Waals surface area (Å²) in [6.07, 6.45) is 2.56. The number of hydrogen-bond donors (Lipinski definition) is 0. The molecule has 1 rings (SSSR count). The van der Waals surface area contributed by atoms with Gasteiger partial charge in [-0.1, -0.05) is 43.7 Å². The largest absolute Gasteiger partial charge is 0.285 e. The molecule has 1 aromatic rings. The molecule has 0 saturated carbocycles. The molecule has 2 heteroatoms. The van der Waals surface area contributed by atoms with Gasteiger partial charge in [-0.3, -0.25) is 4.67 Å². The Morgan fingerprint density at radius 2 is 1.77 bits per heavy atom. The Hall–Kier alpha value is -0.390. The maximum atomic E-state index is 2.36. The summed E-state index contributed by atoms with van der Waals surface area (Å²) in [5.41, 5.74) is 0.